The molecule has 0 saturated heterocycles. The molecular formula is C13H27N3O2. The second kappa shape index (κ2) is 8.91. The summed E-state index contributed by atoms with van der Waals surface area (Å²) >= 11 is 0. The minimum atomic E-state index is -0.101. The van der Waals surface area contributed by atoms with Crippen LogP contribution in [0.5, 0.6) is 0 Å². The molecule has 0 bridgehead atoms. The Balaban J connectivity index is 4.30. The molecule has 2 amide bonds. The summed E-state index contributed by atoms with van der Waals surface area (Å²) in [6.45, 7) is 11.8. The lowest BCUT2D eigenvalue weighted by molar-refractivity contribution is -0.138. The van der Waals surface area contributed by atoms with Gasteiger partial charge in [-0.3, -0.25) is 9.59 Å². The van der Waals surface area contributed by atoms with Gasteiger partial charge in [0.05, 0.1) is 6.54 Å². The predicted octanol–water partition coefficient (Wildman–Crippen LogP) is 0.605. The van der Waals surface area contributed by atoms with Crippen LogP contribution in [0.3, 0.4) is 0 Å². The maximum absolute atomic E-state index is 12.1. The lowest BCUT2D eigenvalue weighted by atomic mass is 10.1. The van der Waals surface area contributed by atoms with E-state index < -0.39 is 0 Å². The second-order valence-corrected chi connectivity index (χ2v) is 4.78. The molecule has 5 heteroatoms. The van der Waals surface area contributed by atoms with Crippen molar-refractivity contribution in [3.05, 3.63) is 0 Å². The van der Waals surface area contributed by atoms with Gasteiger partial charge in [0.15, 0.2) is 0 Å². The normalized spacial score (nSPS) is 12.3. The highest BCUT2D eigenvalue weighted by Gasteiger charge is 2.21. The molecule has 0 spiro atoms. The Morgan fingerprint density at radius 1 is 1.17 bits per heavy atom. The van der Waals surface area contributed by atoms with Gasteiger partial charge < -0.3 is 15.5 Å². The van der Waals surface area contributed by atoms with Crippen LogP contribution in [0.15, 0.2) is 0 Å². The number of hydrogen-bond donors (Lipinski definition) is 2. The summed E-state index contributed by atoms with van der Waals surface area (Å²) in [5.74, 6) is -0.176. The number of nitrogens with zero attached hydrogens (tertiary/aromatic N) is 1. The lowest BCUT2D eigenvalue weighted by Crippen LogP contribution is -2.45. The van der Waals surface area contributed by atoms with Gasteiger partial charge in [-0.25, -0.2) is 0 Å². The SMILES string of the molecule is CCNCC(C)C(=O)N(CC)CC(=O)NC(C)C. The van der Waals surface area contributed by atoms with Crippen LogP contribution < -0.4 is 10.6 Å². The Hall–Kier alpha value is -1.10. The first-order chi connectivity index (χ1) is 8.42. The van der Waals surface area contributed by atoms with Gasteiger partial charge >= 0.3 is 0 Å². The Labute approximate surface area is 110 Å². The molecule has 0 saturated carbocycles. The van der Waals surface area contributed by atoms with Gasteiger partial charge in [0.2, 0.25) is 11.8 Å². The fraction of sp³-hybridized carbons (Fsp3) is 0.846. The van der Waals surface area contributed by atoms with Gasteiger partial charge in [0.25, 0.3) is 0 Å². The van der Waals surface area contributed by atoms with Crippen molar-refractivity contribution in [2.75, 3.05) is 26.2 Å². The van der Waals surface area contributed by atoms with Gasteiger partial charge in [-0.2, -0.15) is 0 Å². The molecule has 0 aliphatic rings. The van der Waals surface area contributed by atoms with Crippen LogP contribution in [-0.2, 0) is 9.59 Å². The highest BCUT2D eigenvalue weighted by atomic mass is 16.2. The summed E-state index contributed by atoms with van der Waals surface area (Å²) in [5.41, 5.74) is 0. The Morgan fingerprint density at radius 2 is 1.78 bits per heavy atom. The molecule has 2 N–H and O–H groups in total. The largest absolute Gasteiger partial charge is 0.352 e. The smallest absolute Gasteiger partial charge is 0.239 e. The van der Waals surface area contributed by atoms with E-state index in [1.54, 1.807) is 4.90 Å². The van der Waals surface area contributed by atoms with Crippen LogP contribution >= 0.6 is 0 Å². The molecule has 0 fully saturated rings. The first-order valence-corrected chi connectivity index (χ1v) is 6.71. The molecular weight excluding hydrogens is 230 g/mol. The van der Waals surface area contributed by atoms with Crippen molar-refractivity contribution in [3.63, 3.8) is 0 Å². The Morgan fingerprint density at radius 3 is 2.22 bits per heavy atom. The molecule has 106 valence electrons. The van der Waals surface area contributed by atoms with Crippen LogP contribution in [0.25, 0.3) is 0 Å². The van der Waals surface area contributed by atoms with Crippen molar-refractivity contribution >= 4 is 11.8 Å². The average Bonchev–Trinajstić information content (AvgIpc) is 2.31. The van der Waals surface area contributed by atoms with Gasteiger partial charge in [0.1, 0.15) is 0 Å². The van der Waals surface area contributed by atoms with E-state index in [1.807, 2.05) is 34.6 Å². The van der Waals surface area contributed by atoms with Crippen LogP contribution in [0, 0.1) is 5.92 Å². The predicted molar refractivity (Wildman–Crippen MR) is 73.2 cm³/mol. The first-order valence-electron chi connectivity index (χ1n) is 6.71. The number of carbonyl (C=O) groups is 2. The molecule has 18 heavy (non-hydrogen) atoms. The van der Waals surface area contributed by atoms with E-state index in [1.165, 1.54) is 0 Å². The van der Waals surface area contributed by atoms with E-state index in [0.717, 1.165) is 6.54 Å². The van der Waals surface area contributed by atoms with Crippen LogP contribution in [0.1, 0.15) is 34.6 Å². The summed E-state index contributed by atoms with van der Waals surface area (Å²) in [4.78, 5) is 25.3. The van der Waals surface area contributed by atoms with Gasteiger partial charge in [0, 0.05) is 25.0 Å². The standard InChI is InChI=1S/C13H27N3O2/c1-6-14-8-11(5)13(18)16(7-2)9-12(17)15-10(3)4/h10-11,14H,6-9H2,1-5H3,(H,15,17). The zero-order chi connectivity index (χ0) is 14.1. The average molecular weight is 257 g/mol. The zero-order valence-corrected chi connectivity index (χ0v) is 12.2. The van der Waals surface area contributed by atoms with Crippen LogP contribution in [-0.4, -0.2) is 48.9 Å². The maximum atomic E-state index is 12.1. The minimum Gasteiger partial charge on any atom is -0.352 e. The van der Waals surface area contributed by atoms with Crippen LogP contribution in [0.2, 0.25) is 0 Å². The summed E-state index contributed by atoms with van der Waals surface area (Å²) in [6.07, 6.45) is 0. The summed E-state index contributed by atoms with van der Waals surface area (Å²) in [6, 6.07) is 0.102. The Bertz CT molecular complexity index is 267. The molecule has 0 aromatic heterocycles. The van der Waals surface area contributed by atoms with Gasteiger partial charge in [-0.1, -0.05) is 13.8 Å². The van der Waals surface area contributed by atoms with Crippen molar-refractivity contribution in [2.45, 2.75) is 40.7 Å². The molecule has 0 radical (unpaired) electrons. The lowest BCUT2D eigenvalue weighted by Gasteiger charge is -2.24. The van der Waals surface area contributed by atoms with Crippen molar-refractivity contribution in [1.82, 2.24) is 15.5 Å². The number of rotatable bonds is 8. The topological polar surface area (TPSA) is 61.4 Å². The zero-order valence-electron chi connectivity index (χ0n) is 12.2. The van der Waals surface area contributed by atoms with Gasteiger partial charge in [-0.15, -0.1) is 0 Å². The number of likely N-dealkylation sites (N-methyl/N-ethyl adjacent to an activating group) is 1. The number of carbonyl (C=O) groups excluding carboxylic acids is 2. The molecule has 1 atom stereocenters. The first kappa shape index (κ1) is 16.9. The third kappa shape index (κ3) is 6.59. The van der Waals surface area contributed by atoms with Gasteiger partial charge in [-0.05, 0) is 27.3 Å². The molecule has 5 nitrogen and oxygen atoms in total. The van der Waals surface area contributed by atoms with E-state index in [0.29, 0.717) is 13.1 Å². The number of nitrogens with one attached hydrogen (secondary N) is 2. The molecule has 0 aromatic rings. The van der Waals surface area contributed by atoms with E-state index >= 15 is 0 Å². The second-order valence-electron chi connectivity index (χ2n) is 4.78. The molecule has 0 aliphatic carbocycles. The highest BCUT2D eigenvalue weighted by molar-refractivity contribution is 5.85. The van der Waals surface area contributed by atoms with Crippen LogP contribution in [0.4, 0.5) is 0 Å². The number of amides is 2. The minimum absolute atomic E-state index is 0.0253. The monoisotopic (exact) mass is 257 g/mol. The summed E-state index contributed by atoms with van der Waals surface area (Å²) < 4.78 is 0. The molecule has 0 aromatic carbocycles. The van der Waals surface area contributed by atoms with E-state index in [2.05, 4.69) is 10.6 Å². The number of hydrogen-bond acceptors (Lipinski definition) is 3. The fourth-order valence-corrected chi connectivity index (χ4v) is 1.65. The third-order valence-corrected chi connectivity index (χ3v) is 2.60. The fourth-order valence-electron chi connectivity index (χ4n) is 1.65. The van der Waals surface area contributed by atoms with E-state index in [4.69, 9.17) is 0 Å². The Kier molecular flexibility index (Phi) is 8.37. The third-order valence-electron chi connectivity index (χ3n) is 2.60. The maximum Gasteiger partial charge on any atom is 0.239 e. The summed E-state index contributed by atoms with van der Waals surface area (Å²) in [5, 5.41) is 5.94. The molecule has 0 rings (SSSR count). The van der Waals surface area contributed by atoms with Crippen molar-refractivity contribution in [1.29, 1.82) is 0 Å². The van der Waals surface area contributed by atoms with Crippen molar-refractivity contribution in [3.8, 4) is 0 Å². The van der Waals surface area contributed by atoms with E-state index in [9.17, 15) is 9.59 Å². The van der Waals surface area contributed by atoms with Crippen molar-refractivity contribution in [2.24, 2.45) is 5.92 Å². The quantitative estimate of drug-likeness (QED) is 0.669. The van der Waals surface area contributed by atoms with Crippen molar-refractivity contribution < 1.29 is 9.59 Å². The van der Waals surface area contributed by atoms with E-state index in [-0.39, 0.29) is 30.3 Å². The summed E-state index contributed by atoms with van der Waals surface area (Å²) in [7, 11) is 0. The molecule has 0 aliphatic heterocycles. The molecule has 1 unspecified atom stereocenters. The highest BCUT2D eigenvalue weighted by Crippen LogP contribution is 2.01. The molecule has 0 heterocycles.